The summed E-state index contributed by atoms with van der Waals surface area (Å²) < 4.78 is 5.87. The number of hydrogen-bond acceptors (Lipinski definition) is 3. The van der Waals surface area contributed by atoms with Gasteiger partial charge in [0, 0.05) is 17.8 Å². The second kappa shape index (κ2) is 7.70. The van der Waals surface area contributed by atoms with E-state index in [1.165, 1.54) is 24.8 Å². The molecule has 190 valence electrons. The van der Waals surface area contributed by atoms with Gasteiger partial charge in [0.15, 0.2) is 0 Å². The summed E-state index contributed by atoms with van der Waals surface area (Å²) in [5.41, 5.74) is 4.95. The first-order chi connectivity index (χ1) is 15.8. The molecule has 0 aromatic carbocycles. The molecule has 5 rings (SSSR count). The zero-order valence-electron chi connectivity index (χ0n) is 23.0. The Labute approximate surface area is 207 Å². The molecular formula is C31H48O3. The van der Waals surface area contributed by atoms with Gasteiger partial charge in [-0.2, -0.15) is 0 Å². The van der Waals surface area contributed by atoms with Crippen LogP contribution in [0.4, 0.5) is 0 Å². The first-order valence-corrected chi connectivity index (χ1v) is 14.1. The van der Waals surface area contributed by atoms with Crippen LogP contribution in [0.15, 0.2) is 22.8 Å². The third-order valence-electron chi connectivity index (χ3n) is 12.2. The number of carbonyl (C=O) groups excluding carboxylic acids is 1. The molecule has 1 N–H and O–H groups in total. The minimum Gasteiger partial charge on any atom is -0.462 e. The Morgan fingerprint density at radius 3 is 2.41 bits per heavy atom. The zero-order chi connectivity index (χ0) is 24.8. The highest BCUT2D eigenvalue weighted by Crippen LogP contribution is 2.74. The molecule has 8 atom stereocenters. The molecule has 0 spiro atoms. The summed E-state index contributed by atoms with van der Waals surface area (Å²) in [7, 11) is 0. The molecule has 34 heavy (non-hydrogen) atoms. The molecule has 0 bridgehead atoms. The molecule has 3 nitrogen and oxygen atoms in total. The highest BCUT2D eigenvalue weighted by molar-refractivity contribution is 5.66. The summed E-state index contributed by atoms with van der Waals surface area (Å²) in [4.78, 5) is 11.9. The standard InChI is InChI=1S/C31H48O3/c1-18(2)20-9-10-21-23(33)17-31(8)22(27(20)21)11-12-25-29(6)15-14-26(34-19(3)32)28(4,5)24(29)13-16-30(25,31)7/h11,18,20,23-26,33H,9-10,12-17H2,1-8H3. The van der Waals surface area contributed by atoms with Gasteiger partial charge >= 0.3 is 5.97 Å². The van der Waals surface area contributed by atoms with Crippen LogP contribution in [0.3, 0.4) is 0 Å². The number of carbonyl (C=O) groups is 1. The Bertz CT molecular complexity index is 940. The van der Waals surface area contributed by atoms with Crippen molar-refractivity contribution < 1.29 is 14.6 Å². The van der Waals surface area contributed by atoms with Gasteiger partial charge in [0.1, 0.15) is 6.10 Å². The number of fused-ring (bicyclic) bond motifs is 6. The fraction of sp³-hybridized carbons (Fsp3) is 0.839. The quantitative estimate of drug-likeness (QED) is 0.434. The molecular weight excluding hydrogens is 420 g/mol. The molecule has 5 aliphatic carbocycles. The maximum atomic E-state index is 11.9. The van der Waals surface area contributed by atoms with Crippen LogP contribution in [-0.2, 0) is 9.53 Å². The molecule has 8 unspecified atom stereocenters. The summed E-state index contributed by atoms with van der Waals surface area (Å²) in [5.74, 6) is 2.22. The van der Waals surface area contributed by atoms with E-state index in [0.29, 0.717) is 23.7 Å². The lowest BCUT2D eigenvalue weighted by atomic mass is 9.35. The van der Waals surface area contributed by atoms with Crippen molar-refractivity contribution in [1.82, 2.24) is 0 Å². The van der Waals surface area contributed by atoms with Gasteiger partial charge in [0.05, 0.1) is 6.10 Å². The van der Waals surface area contributed by atoms with Crippen LogP contribution in [0.5, 0.6) is 0 Å². The SMILES string of the molecule is CC(=O)OC1CCC2(C)C(CCC3(C)C2CC=C2C4=C(CCC4C(C)C)C(O)CC23C)C1(C)C. The fourth-order valence-electron chi connectivity index (χ4n) is 10.4. The maximum Gasteiger partial charge on any atom is 0.302 e. The highest BCUT2D eigenvalue weighted by atomic mass is 16.5. The van der Waals surface area contributed by atoms with E-state index in [1.807, 2.05) is 0 Å². The van der Waals surface area contributed by atoms with E-state index in [9.17, 15) is 9.90 Å². The number of allylic oxidation sites excluding steroid dienone is 3. The molecule has 0 saturated heterocycles. The average Bonchev–Trinajstić information content (AvgIpc) is 3.17. The summed E-state index contributed by atoms with van der Waals surface area (Å²) in [6.45, 7) is 18.6. The largest absolute Gasteiger partial charge is 0.462 e. The predicted octanol–water partition coefficient (Wildman–Crippen LogP) is 7.24. The van der Waals surface area contributed by atoms with Gasteiger partial charge in [-0.3, -0.25) is 4.79 Å². The van der Waals surface area contributed by atoms with E-state index >= 15 is 0 Å². The normalized spacial score (nSPS) is 47.4. The van der Waals surface area contributed by atoms with Crippen molar-refractivity contribution in [2.45, 2.75) is 119 Å². The molecule has 2 saturated carbocycles. The second-order valence-electron chi connectivity index (χ2n) is 14.3. The number of aliphatic hydroxyl groups is 1. The van der Waals surface area contributed by atoms with Gasteiger partial charge < -0.3 is 9.84 Å². The number of aliphatic hydroxyl groups excluding tert-OH is 1. The van der Waals surface area contributed by atoms with Crippen LogP contribution >= 0.6 is 0 Å². The first-order valence-electron chi connectivity index (χ1n) is 14.1. The Kier molecular flexibility index (Phi) is 5.57. The summed E-state index contributed by atoms with van der Waals surface area (Å²) in [6, 6.07) is 0. The van der Waals surface area contributed by atoms with Crippen molar-refractivity contribution in [3.05, 3.63) is 22.8 Å². The second-order valence-corrected chi connectivity index (χ2v) is 14.3. The van der Waals surface area contributed by atoms with Crippen LogP contribution < -0.4 is 0 Å². The lowest BCUT2D eigenvalue weighted by molar-refractivity contribution is -0.207. The van der Waals surface area contributed by atoms with Gasteiger partial charge in [-0.1, -0.05) is 54.5 Å². The number of ether oxygens (including phenoxy) is 1. The minimum atomic E-state index is -0.279. The van der Waals surface area contributed by atoms with Gasteiger partial charge in [-0.05, 0) is 103 Å². The maximum absolute atomic E-state index is 11.9. The van der Waals surface area contributed by atoms with E-state index in [2.05, 4.69) is 54.5 Å². The lowest BCUT2D eigenvalue weighted by Gasteiger charge is -2.69. The predicted molar refractivity (Wildman–Crippen MR) is 137 cm³/mol. The fourth-order valence-corrected chi connectivity index (χ4v) is 10.4. The molecule has 0 aliphatic heterocycles. The number of hydrogen-bond donors (Lipinski definition) is 1. The van der Waals surface area contributed by atoms with Crippen LogP contribution in [0.25, 0.3) is 0 Å². The van der Waals surface area contributed by atoms with E-state index in [4.69, 9.17) is 4.74 Å². The van der Waals surface area contributed by atoms with Gasteiger partial charge in [-0.25, -0.2) is 0 Å². The minimum absolute atomic E-state index is 0.0130. The van der Waals surface area contributed by atoms with Crippen LogP contribution in [0.2, 0.25) is 0 Å². The van der Waals surface area contributed by atoms with Crippen molar-refractivity contribution in [2.24, 2.45) is 45.3 Å². The van der Waals surface area contributed by atoms with Crippen LogP contribution in [-0.4, -0.2) is 23.3 Å². The van der Waals surface area contributed by atoms with Gasteiger partial charge in [-0.15, -0.1) is 0 Å². The van der Waals surface area contributed by atoms with E-state index < -0.39 is 0 Å². The summed E-state index contributed by atoms with van der Waals surface area (Å²) in [5, 5.41) is 11.5. The van der Waals surface area contributed by atoms with E-state index in [1.54, 1.807) is 18.1 Å². The van der Waals surface area contributed by atoms with Gasteiger partial charge in [0.25, 0.3) is 0 Å². The van der Waals surface area contributed by atoms with Crippen molar-refractivity contribution in [3.63, 3.8) is 0 Å². The molecule has 2 fully saturated rings. The highest BCUT2D eigenvalue weighted by Gasteiger charge is 2.67. The van der Waals surface area contributed by atoms with Crippen LogP contribution in [0.1, 0.15) is 107 Å². The molecule has 0 radical (unpaired) electrons. The Balaban J connectivity index is 1.56. The van der Waals surface area contributed by atoms with E-state index in [0.717, 1.165) is 32.1 Å². The monoisotopic (exact) mass is 468 g/mol. The average molecular weight is 469 g/mol. The van der Waals surface area contributed by atoms with Crippen molar-refractivity contribution in [2.75, 3.05) is 0 Å². The van der Waals surface area contributed by atoms with Crippen molar-refractivity contribution >= 4 is 5.97 Å². The topological polar surface area (TPSA) is 46.5 Å². The number of rotatable bonds is 2. The number of esters is 1. The Morgan fingerprint density at radius 1 is 1.06 bits per heavy atom. The van der Waals surface area contributed by atoms with E-state index in [-0.39, 0.29) is 39.8 Å². The Morgan fingerprint density at radius 2 is 1.76 bits per heavy atom. The summed E-state index contributed by atoms with van der Waals surface area (Å²) in [6.07, 6.45) is 11.2. The zero-order valence-corrected chi connectivity index (χ0v) is 23.0. The smallest absolute Gasteiger partial charge is 0.302 e. The molecule has 0 aromatic heterocycles. The first kappa shape index (κ1) is 24.6. The molecule has 0 aromatic rings. The third-order valence-corrected chi connectivity index (χ3v) is 12.2. The third kappa shape index (κ3) is 3.07. The van der Waals surface area contributed by atoms with Crippen molar-refractivity contribution in [1.29, 1.82) is 0 Å². The molecule has 5 aliphatic rings. The summed E-state index contributed by atoms with van der Waals surface area (Å²) >= 11 is 0. The van der Waals surface area contributed by atoms with Crippen LogP contribution in [0, 0.1) is 45.3 Å². The lowest BCUT2D eigenvalue weighted by Crippen LogP contribution is -2.63. The molecule has 0 amide bonds. The van der Waals surface area contributed by atoms with Gasteiger partial charge in [0.2, 0.25) is 0 Å². The molecule has 3 heteroatoms. The molecule has 0 heterocycles. The Hall–Kier alpha value is -1.09. The van der Waals surface area contributed by atoms with Crippen molar-refractivity contribution in [3.8, 4) is 0 Å².